The van der Waals surface area contributed by atoms with Crippen molar-refractivity contribution in [2.45, 2.75) is 0 Å². The Labute approximate surface area is 152 Å². The van der Waals surface area contributed by atoms with Crippen molar-refractivity contribution in [2.75, 3.05) is 0 Å². The van der Waals surface area contributed by atoms with Gasteiger partial charge in [0.05, 0.1) is 33.4 Å². The highest BCUT2D eigenvalue weighted by atomic mass is 79.9. The summed E-state index contributed by atoms with van der Waals surface area (Å²) in [6, 6.07) is 22.6. The van der Waals surface area contributed by atoms with Crippen LogP contribution >= 0.6 is 15.9 Å². The van der Waals surface area contributed by atoms with Gasteiger partial charge in [-0.3, -0.25) is 9.13 Å². The first-order valence-electron chi connectivity index (χ1n) is 7.95. The molecule has 25 heavy (non-hydrogen) atoms. The number of imidazole rings is 2. The van der Waals surface area contributed by atoms with Gasteiger partial charge >= 0.3 is 0 Å². The first-order valence-corrected chi connectivity index (χ1v) is 8.74. The minimum absolute atomic E-state index is 0.983. The zero-order valence-corrected chi connectivity index (χ0v) is 14.8. The van der Waals surface area contributed by atoms with Crippen LogP contribution in [-0.2, 0) is 0 Å². The molecule has 120 valence electrons. The van der Waals surface area contributed by atoms with Crippen molar-refractivity contribution in [2.24, 2.45) is 0 Å². The number of halogens is 1. The normalized spacial score (nSPS) is 11.4. The van der Waals surface area contributed by atoms with Gasteiger partial charge in [0.1, 0.15) is 12.7 Å². The molecule has 0 fully saturated rings. The van der Waals surface area contributed by atoms with Crippen LogP contribution in [0.2, 0.25) is 0 Å². The first kappa shape index (κ1) is 14.4. The van der Waals surface area contributed by atoms with Gasteiger partial charge < -0.3 is 0 Å². The molecule has 2 heterocycles. The number of benzene rings is 3. The maximum absolute atomic E-state index is 4.50. The Hall–Kier alpha value is -2.92. The highest BCUT2D eigenvalue weighted by molar-refractivity contribution is 9.10. The van der Waals surface area contributed by atoms with E-state index >= 15 is 0 Å². The van der Waals surface area contributed by atoms with Crippen LogP contribution in [0, 0.1) is 0 Å². The van der Waals surface area contributed by atoms with E-state index in [1.165, 1.54) is 0 Å². The molecule has 0 atom stereocenters. The van der Waals surface area contributed by atoms with E-state index in [9.17, 15) is 0 Å². The molecule has 0 saturated heterocycles. The number of rotatable bonds is 2. The van der Waals surface area contributed by atoms with Crippen LogP contribution in [0.3, 0.4) is 0 Å². The van der Waals surface area contributed by atoms with Crippen molar-refractivity contribution in [3.8, 4) is 11.4 Å². The minimum atomic E-state index is 0.983. The molecule has 0 saturated carbocycles. The average molecular weight is 389 g/mol. The Kier molecular flexibility index (Phi) is 3.21. The Morgan fingerprint density at radius 2 is 1.12 bits per heavy atom. The molecule has 4 nitrogen and oxygen atoms in total. The van der Waals surface area contributed by atoms with Gasteiger partial charge in [-0.15, -0.1) is 0 Å². The summed E-state index contributed by atoms with van der Waals surface area (Å²) < 4.78 is 5.21. The first-order chi connectivity index (χ1) is 12.3. The van der Waals surface area contributed by atoms with Crippen molar-refractivity contribution in [3.63, 3.8) is 0 Å². The van der Waals surface area contributed by atoms with Crippen molar-refractivity contribution in [1.29, 1.82) is 0 Å². The predicted molar refractivity (Wildman–Crippen MR) is 103 cm³/mol. The van der Waals surface area contributed by atoms with E-state index in [0.717, 1.165) is 37.9 Å². The van der Waals surface area contributed by atoms with E-state index in [2.05, 4.69) is 65.4 Å². The van der Waals surface area contributed by atoms with Gasteiger partial charge in [0, 0.05) is 4.47 Å². The Morgan fingerprint density at radius 3 is 1.64 bits per heavy atom. The van der Waals surface area contributed by atoms with Gasteiger partial charge in [-0.25, -0.2) is 9.97 Å². The summed E-state index contributed by atoms with van der Waals surface area (Å²) in [5, 5.41) is 0. The minimum Gasteiger partial charge on any atom is -0.299 e. The maximum Gasteiger partial charge on any atom is 0.100 e. The summed E-state index contributed by atoms with van der Waals surface area (Å²) in [6.07, 6.45) is 3.73. The summed E-state index contributed by atoms with van der Waals surface area (Å²) in [4.78, 5) is 8.99. The van der Waals surface area contributed by atoms with Crippen LogP contribution in [0.5, 0.6) is 0 Å². The molecule has 0 amide bonds. The summed E-state index contributed by atoms with van der Waals surface area (Å²) >= 11 is 3.64. The third-order valence-electron chi connectivity index (χ3n) is 4.33. The van der Waals surface area contributed by atoms with Gasteiger partial charge in [-0.2, -0.15) is 0 Å². The van der Waals surface area contributed by atoms with Crippen molar-refractivity contribution in [3.05, 3.63) is 83.9 Å². The van der Waals surface area contributed by atoms with Crippen LogP contribution in [-0.4, -0.2) is 19.1 Å². The molecular weight excluding hydrogens is 376 g/mol. The molecule has 0 aliphatic heterocycles. The second-order valence-corrected chi connectivity index (χ2v) is 6.79. The van der Waals surface area contributed by atoms with Crippen LogP contribution in [0.4, 0.5) is 0 Å². The second-order valence-electron chi connectivity index (χ2n) is 5.87. The monoisotopic (exact) mass is 388 g/mol. The second kappa shape index (κ2) is 5.57. The third-order valence-corrected chi connectivity index (χ3v) is 4.79. The van der Waals surface area contributed by atoms with Crippen LogP contribution in [0.1, 0.15) is 0 Å². The molecule has 0 bridgehead atoms. The highest BCUT2D eigenvalue weighted by Crippen LogP contribution is 2.26. The number of aromatic nitrogens is 4. The molecule has 5 aromatic rings. The van der Waals surface area contributed by atoms with Crippen molar-refractivity contribution in [1.82, 2.24) is 19.1 Å². The molecular formula is C20H13BrN4. The largest absolute Gasteiger partial charge is 0.299 e. The Morgan fingerprint density at radius 1 is 0.640 bits per heavy atom. The van der Waals surface area contributed by atoms with Gasteiger partial charge in [0.15, 0.2) is 0 Å². The van der Waals surface area contributed by atoms with E-state index in [1.807, 2.05) is 49.1 Å². The van der Waals surface area contributed by atoms with Gasteiger partial charge in [0.25, 0.3) is 0 Å². The standard InChI is InChI=1S/C20H13BrN4/c21-14-9-15(24-12-22-17-5-1-3-7-19(17)24)11-16(10-14)25-13-23-18-6-2-4-8-20(18)25/h1-13H. The zero-order valence-electron chi connectivity index (χ0n) is 13.2. The molecule has 2 aromatic heterocycles. The highest BCUT2D eigenvalue weighted by Gasteiger charge is 2.09. The third kappa shape index (κ3) is 2.36. The summed E-state index contributed by atoms with van der Waals surface area (Å²) in [5.41, 5.74) is 6.24. The van der Waals surface area contributed by atoms with Gasteiger partial charge in [-0.1, -0.05) is 40.2 Å². The lowest BCUT2D eigenvalue weighted by Crippen LogP contribution is -1.97. The van der Waals surface area contributed by atoms with E-state index in [4.69, 9.17) is 0 Å². The van der Waals surface area contributed by atoms with E-state index < -0.39 is 0 Å². The van der Waals surface area contributed by atoms with Crippen LogP contribution in [0.25, 0.3) is 33.4 Å². The van der Waals surface area contributed by atoms with E-state index in [1.54, 1.807) is 0 Å². The quantitative estimate of drug-likeness (QED) is 0.420. The lowest BCUT2D eigenvalue weighted by molar-refractivity contribution is 1.05. The number of para-hydroxylation sites is 4. The molecule has 0 N–H and O–H groups in total. The average Bonchev–Trinajstić information content (AvgIpc) is 3.25. The number of fused-ring (bicyclic) bond motifs is 2. The van der Waals surface area contributed by atoms with Crippen molar-refractivity contribution >= 4 is 38.0 Å². The van der Waals surface area contributed by atoms with Crippen molar-refractivity contribution < 1.29 is 0 Å². The summed E-state index contributed by atoms with van der Waals surface area (Å²) in [7, 11) is 0. The number of hydrogen-bond acceptors (Lipinski definition) is 2. The predicted octanol–water partition coefficient (Wildman–Crippen LogP) is 5.13. The SMILES string of the molecule is Brc1cc(-n2cnc3ccccc32)cc(-n2cnc3ccccc32)c1. The van der Waals surface area contributed by atoms with Crippen LogP contribution in [0.15, 0.2) is 83.9 Å². The molecule has 5 rings (SSSR count). The maximum atomic E-state index is 4.50. The fourth-order valence-electron chi connectivity index (χ4n) is 3.17. The molecule has 0 radical (unpaired) electrons. The molecule has 0 spiro atoms. The fourth-order valence-corrected chi connectivity index (χ4v) is 3.64. The molecule has 5 heteroatoms. The number of nitrogens with zero attached hydrogens (tertiary/aromatic N) is 4. The van der Waals surface area contributed by atoms with Gasteiger partial charge in [0.2, 0.25) is 0 Å². The molecule has 3 aromatic carbocycles. The molecule has 0 aliphatic carbocycles. The Balaban J connectivity index is 1.73. The van der Waals surface area contributed by atoms with E-state index in [-0.39, 0.29) is 0 Å². The van der Waals surface area contributed by atoms with E-state index in [0.29, 0.717) is 0 Å². The molecule has 0 unspecified atom stereocenters. The van der Waals surface area contributed by atoms with Gasteiger partial charge in [-0.05, 0) is 42.5 Å². The lowest BCUT2D eigenvalue weighted by atomic mass is 10.2. The lowest BCUT2D eigenvalue weighted by Gasteiger charge is -2.10. The number of hydrogen-bond donors (Lipinski definition) is 0. The zero-order chi connectivity index (χ0) is 16.8. The molecule has 0 aliphatic rings. The van der Waals surface area contributed by atoms with Crippen LogP contribution < -0.4 is 0 Å². The smallest absolute Gasteiger partial charge is 0.100 e. The summed E-state index contributed by atoms with van der Waals surface area (Å²) in [5.74, 6) is 0. The Bertz CT molecular complexity index is 1130. The summed E-state index contributed by atoms with van der Waals surface area (Å²) in [6.45, 7) is 0. The topological polar surface area (TPSA) is 35.6 Å². The fraction of sp³-hybridized carbons (Fsp3) is 0.